The standard InChI is InChI=1S/C7H6N2.Cr/c1-2-4-7-6(3-1)8-5-9-7;/h1-5H,(H,8,9);. The van der Waals surface area contributed by atoms with E-state index in [0.29, 0.717) is 0 Å². The van der Waals surface area contributed by atoms with Crippen LogP contribution in [-0.4, -0.2) is 9.97 Å². The Morgan fingerprint density at radius 2 is 2.00 bits per heavy atom. The van der Waals surface area contributed by atoms with Gasteiger partial charge in [0, 0.05) is 17.4 Å². The molecule has 0 fully saturated rings. The molecule has 0 aliphatic heterocycles. The molecule has 0 unspecified atom stereocenters. The number of nitrogens with one attached hydrogen (secondary N) is 1. The van der Waals surface area contributed by atoms with Gasteiger partial charge in [-0.15, -0.1) is 0 Å². The number of para-hydroxylation sites is 2. The zero-order chi connectivity index (χ0) is 6.10. The van der Waals surface area contributed by atoms with Crippen LogP contribution in [-0.2, 0) is 17.4 Å². The number of hydrogen-bond acceptors (Lipinski definition) is 1. The number of nitrogens with zero attached hydrogens (tertiary/aromatic N) is 1. The topological polar surface area (TPSA) is 28.7 Å². The average molecular weight is 170 g/mol. The zero-order valence-corrected chi connectivity index (χ0v) is 6.52. The third-order valence-corrected chi connectivity index (χ3v) is 1.33. The van der Waals surface area contributed by atoms with Crippen LogP contribution >= 0.6 is 0 Å². The monoisotopic (exact) mass is 170 g/mol. The van der Waals surface area contributed by atoms with E-state index in [-0.39, 0.29) is 17.4 Å². The van der Waals surface area contributed by atoms with Gasteiger partial charge in [-0.05, 0) is 12.1 Å². The van der Waals surface area contributed by atoms with Crippen LogP contribution in [0, 0.1) is 0 Å². The number of H-pyrrole nitrogens is 1. The predicted molar refractivity (Wildman–Crippen MR) is 36.1 cm³/mol. The van der Waals surface area contributed by atoms with Crippen LogP contribution in [0.15, 0.2) is 30.6 Å². The van der Waals surface area contributed by atoms with Gasteiger partial charge in [0.1, 0.15) is 0 Å². The van der Waals surface area contributed by atoms with Crippen molar-refractivity contribution >= 4 is 11.0 Å². The van der Waals surface area contributed by atoms with Crippen LogP contribution in [0.2, 0.25) is 0 Å². The molecule has 10 heavy (non-hydrogen) atoms. The minimum Gasteiger partial charge on any atom is -0.345 e. The number of hydrogen-bond donors (Lipinski definition) is 1. The first-order valence-corrected chi connectivity index (χ1v) is 2.85. The summed E-state index contributed by atoms with van der Waals surface area (Å²) in [6.45, 7) is 0. The summed E-state index contributed by atoms with van der Waals surface area (Å²) >= 11 is 0. The van der Waals surface area contributed by atoms with Crippen molar-refractivity contribution in [2.24, 2.45) is 0 Å². The first-order chi connectivity index (χ1) is 4.47. The number of fused-ring (bicyclic) bond motifs is 1. The molecule has 2 rings (SSSR count). The second-order valence-corrected chi connectivity index (χ2v) is 1.92. The van der Waals surface area contributed by atoms with Crippen LogP contribution in [0.5, 0.6) is 0 Å². The molecule has 1 heterocycles. The van der Waals surface area contributed by atoms with Gasteiger partial charge in [0.2, 0.25) is 0 Å². The molecule has 0 saturated carbocycles. The van der Waals surface area contributed by atoms with E-state index < -0.39 is 0 Å². The third kappa shape index (κ3) is 1.06. The molecule has 0 aliphatic carbocycles. The number of imidazole rings is 1. The van der Waals surface area contributed by atoms with Gasteiger partial charge in [-0.3, -0.25) is 0 Å². The fourth-order valence-corrected chi connectivity index (χ4v) is 0.880. The Bertz CT molecular complexity index is 286. The molecule has 1 aromatic carbocycles. The van der Waals surface area contributed by atoms with Crippen molar-refractivity contribution in [1.82, 2.24) is 9.97 Å². The fourth-order valence-electron chi connectivity index (χ4n) is 0.880. The fraction of sp³-hybridized carbons (Fsp3) is 0. The van der Waals surface area contributed by atoms with Crippen LogP contribution in [0.1, 0.15) is 0 Å². The normalized spacial score (nSPS) is 9.20. The van der Waals surface area contributed by atoms with E-state index >= 15 is 0 Å². The van der Waals surface area contributed by atoms with Crippen molar-refractivity contribution in [3.05, 3.63) is 30.6 Å². The Balaban J connectivity index is 0.000000500. The Hall–Kier alpha value is -0.778. The predicted octanol–water partition coefficient (Wildman–Crippen LogP) is 1.56. The summed E-state index contributed by atoms with van der Waals surface area (Å²) < 4.78 is 0. The molecule has 2 nitrogen and oxygen atoms in total. The smallest absolute Gasteiger partial charge is 0.0931 e. The Morgan fingerprint density at radius 1 is 1.20 bits per heavy atom. The van der Waals surface area contributed by atoms with E-state index in [2.05, 4.69) is 9.97 Å². The summed E-state index contributed by atoms with van der Waals surface area (Å²) in [4.78, 5) is 7.07. The number of rotatable bonds is 0. The molecule has 0 amide bonds. The first kappa shape index (κ1) is 7.33. The Morgan fingerprint density at radius 3 is 2.80 bits per heavy atom. The van der Waals surface area contributed by atoms with E-state index in [1.807, 2.05) is 24.3 Å². The molecule has 50 valence electrons. The van der Waals surface area contributed by atoms with Gasteiger partial charge in [0.15, 0.2) is 0 Å². The van der Waals surface area contributed by atoms with Crippen molar-refractivity contribution < 1.29 is 17.4 Å². The summed E-state index contributed by atoms with van der Waals surface area (Å²) in [7, 11) is 0. The van der Waals surface area contributed by atoms with Gasteiger partial charge in [0.05, 0.1) is 17.4 Å². The molecule has 0 spiro atoms. The summed E-state index contributed by atoms with van der Waals surface area (Å²) in [5, 5.41) is 0. The third-order valence-electron chi connectivity index (χ3n) is 1.33. The Labute approximate surface area is 69.4 Å². The maximum absolute atomic E-state index is 4.06. The maximum atomic E-state index is 4.06. The van der Waals surface area contributed by atoms with Gasteiger partial charge in [-0.25, -0.2) is 4.98 Å². The molecule has 2 aromatic rings. The van der Waals surface area contributed by atoms with Crippen molar-refractivity contribution in [1.29, 1.82) is 0 Å². The SMILES string of the molecule is [Cr].c1ccc2[nH]cnc2c1. The average Bonchev–Trinajstić information content (AvgIpc) is 2.33. The van der Waals surface area contributed by atoms with Gasteiger partial charge in [-0.2, -0.15) is 0 Å². The maximum Gasteiger partial charge on any atom is 0.0931 e. The van der Waals surface area contributed by atoms with Crippen molar-refractivity contribution in [2.75, 3.05) is 0 Å². The molecule has 1 aromatic heterocycles. The minimum absolute atomic E-state index is 0. The van der Waals surface area contributed by atoms with Gasteiger partial charge < -0.3 is 4.98 Å². The second kappa shape index (κ2) is 2.87. The van der Waals surface area contributed by atoms with E-state index in [1.54, 1.807) is 6.33 Å². The zero-order valence-electron chi connectivity index (χ0n) is 5.24. The van der Waals surface area contributed by atoms with Crippen LogP contribution in [0.25, 0.3) is 11.0 Å². The quantitative estimate of drug-likeness (QED) is 0.638. The van der Waals surface area contributed by atoms with E-state index in [9.17, 15) is 0 Å². The summed E-state index contributed by atoms with van der Waals surface area (Å²) in [5.74, 6) is 0. The molecule has 3 heteroatoms. The van der Waals surface area contributed by atoms with Crippen molar-refractivity contribution in [3.63, 3.8) is 0 Å². The molecule has 0 saturated heterocycles. The largest absolute Gasteiger partial charge is 0.345 e. The van der Waals surface area contributed by atoms with Crippen molar-refractivity contribution in [2.45, 2.75) is 0 Å². The van der Waals surface area contributed by atoms with Gasteiger partial charge in [-0.1, -0.05) is 12.1 Å². The second-order valence-electron chi connectivity index (χ2n) is 1.92. The summed E-state index contributed by atoms with van der Waals surface area (Å²) in [5.41, 5.74) is 2.12. The molecular weight excluding hydrogens is 164 g/mol. The van der Waals surface area contributed by atoms with Crippen molar-refractivity contribution in [3.8, 4) is 0 Å². The molecule has 1 N–H and O–H groups in total. The molecule has 0 bridgehead atoms. The minimum atomic E-state index is 0. The van der Waals surface area contributed by atoms with Crippen LogP contribution in [0.3, 0.4) is 0 Å². The van der Waals surface area contributed by atoms with Gasteiger partial charge in [0.25, 0.3) is 0 Å². The first-order valence-electron chi connectivity index (χ1n) is 2.85. The van der Waals surface area contributed by atoms with Crippen LogP contribution in [0.4, 0.5) is 0 Å². The van der Waals surface area contributed by atoms with E-state index in [1.165, 1.54) is 0 Å². The number of aromatic amines is 1. The van der Waals surface area contributed by atoms with E-state index in [4.69, 9.17) is 0 Å². The van der Waals surface area contributed by atoms with E-state index in [0.717, 1.165) is 11.0 Å². The van der Waals surface area contributed by atoms with Crippen LogP contribution < -0.4 is 0 Å². The molecular formula is C7H6CrN2. The Kier molecular flexibility index (Phi) is 2.10. The molecule has 0 radical (unpaired) electrons. The summed E-state index contributed by atoms with van der Waals surface area (Å²) in [6.07, 6.45) is 1.70. The molecule has 0 atom stereocenters. The summed E-state index contributed by atoms with van der Waals surface area (Å²) in [6, 6.07) is 7.94. The van der Waals surface area contributed by atoms with Gasteiger partial charge >= 0.3 is 0 Å². The molecule has 0 aliphatic rings. The number of benzene rings is 1. The number of aromatic nitrogens is 2.